The van der Waals surface area contributed by atoms with Crippen LogP contribution in [0.3, 0.4) is 0 Å². The second-order valence-electron chi connectivity index (χ2n) is 8.66. The zero-order valence-electron chi connectivity index (χ0n) is 16.3. The first-order valence-electron chi connectivity index (χ1n) is 9.28. The van der Waals surface area contributed by atoms with E-state index in [2.05, 4.69) is 4.72 Å². The molecule has 3 atom stereocenters. The van der Waals surface area contributed by atoms with Gasteiger partial charge in [-0.05, 0) is 37.2 Å². The molecule has 0 heterocycles. The summed E-state index contributed by atoms with van der Waals surface area (Å²) in [5, 5.41) is 0. The zero-order chi connectivity index (χ0) is 20.1. The average Bonchev–Trinajstić information content (AvgIpc) is 2.94. The molecule has 2 aliphatic carbocycles. The van der Waals surface area contributed by atoms with Gasteiger partial charge in [0, 0.05) is 31.1 Å². The molecule has 150 valence electrons. The Bertz CT molecular complexity index is 853. The molecule has 2 aliphatic rings. The largest absolute Gasteiger partial charge is 0.372 e. The van der Waals surface area contributed by atoms with Crippen molar-refractivity contribution in [2.24, 2.45) is 16.7 Å². The zero-order valence-corrected chi connectivity index (χ0v) is 17.2. The van der Waals surface area contributed by atoms with E-state index in [1.165, 1.54) is 13.2 Å². The number of carbonyl (C=O) groups is 1. The number of hydrogen-bond acceptors (Lipinski definition) is 4. The molecule has 0 radical (unpaired) electrons. The summed E-state index contributed by atoms with van der Waals surface area (Å²) in [5.74, 6) is -0.370. The fourth-order valence-electron chi connectivity index (χ4n) is 4.90. The Morgan fingerprint density at radius 2 is 2.00 bits per heavy atom. The number of carbonyl (C=O) groups excluding carboxylic acids is 1. The number of Topliss-reactive ketones (excluding diaryl/α,β-unsaturated/α-hetero) is 1. The molecule has 0 aromatic heterocycles. The lowest BCUT2D eigenvalue weighted by atomic mass is 9.70. The van der Waals surface area contributed by atoms with E-state index in [9.17, 15) is 17.6 Å². The molecule has 0 saturated heterocycles. The highest BCUT2D eigenvalue weighted by Crippen LogP contribution is 2.64. The number of ether oxygens (including phenoxy) is 1. The molecule has 0 amide bonds. The van der Waals surface area contributed by atoms with E-state index in [4.69, 9.17) is 4.74 Å². The van der Waals surface area contributed by atoms with Crippen LogP contribution in [0.25, 0.3) is 0 Å². The lowest BCUT2D eigenvalue weighted by molar-refractivity contribution is -0.128. The second-order valence-corrected chi connectivity index (χ2v) is 10.5. The van der Waals surface area contributed by atoms with Gasteiger partial charge in [0.1, 0.15) is 17.2 Å². The molecule has 7 heteroatoms. The maximum absolute atomic E-state index is 14.2. The van der Waals surface area contributed by atoms with Crippen molar-refractivity contribution in [3.63, 3.8) is 0 Å². The SMILES string of the molecule is CO[C@@](C)(CNS(=O)(=O)C[C@@]12CC[C@@H](CC1=O)C2(C)C)c1ccccc1F. The maximum Gasteiger partial charge on any atom is 0.212 e. The van der Waals surface area contributed by atoms with Gasteiger partial charge < -0.3 is 4.74 Å². The summed E-state index contributed by atoms with van der Waals surface area (Å²) in [5.41, 5.74) is -2.02. The number of nitrogens with one attached hydrogen (secondary N) is 1. The van der Waals surface area contributed by atoms with Crippen LogP contribution in [-0.4, -0.2) is 33.6 Å². The highest BCUT2D eigenvalue weighted by molar-refractivity contribution is 7.89. The molecule has 3 rings (SSSR count). The van der Waals surface area contributed by atoms with Crippen molar-refractivity contribution in [1.82, 2.24) is 4.72 Å². The molecule has 5 nitrogen and oxygen atoms in total. The summed E-state index contributed by atoms with van der Waals surface area (Å²) in [6.07, 6.45) is 1.96. The Balaban J connectivity index is 1.79. The minimum atomic E-state index is -3.75. The minimum Gasteiger partial charge on any atom is -0.372 e. The van der Waals surface area contributed by atoms with Gasteiger partial charge in [0.2, 0.25) is 10.0 Å². The Labute approximate surface area is 160 Å². The highest BCUT2D eigenvalue weighted by atomic mass is 32.2. The molecule has 0 aliphatic heterocycles. The van der Waals surface area contributed by atoms with Gasteiger partial charge >= 0.3 is 0 Å². The van der Waals surface area contributed by atoms with Crippen molar-refractivity contribution in [3.8, 4) is 0 Å². The fourth-order valence-corrected chi connectivity index (χ4v) is 6.82. The molecule has 1 aromatic carbocycles. The van der Waals surface area contributed by atoms with Gasteiger partial charge in [0.15, 0.2) is 0 Å². The summed E-state index contributed by atoms with van der Waals surface area (Å²) >= 11 is 0. The summed E-state index contributed by atoms with van der Waals surface area (Å²) in [7, 11) is -2.33. The van der Waals surface area contributed by atoms with Crippen molar-refractivity contribution in [1.29, 1.82) is 0 Å². The number of ketones is 1. The number of rotatable bonds is 7. The van der Waals surface area contributed by atoms with Crippen molar-refractivity contribution in [2.75, 3.05) is 19.4 Å². The van der Waals surface area contributed by atoms with Crippen LogP contribution in [0.15, 0.2) is 24.3 Å². The van der Waals surface area contributed by atoms with Crippen LogP contribution in [0.2, 0.25) is 0 Å². The van der Waals surface area contributed by atoms with Crippen LogP contribution in [0, 0.1) is 22.6 Å². The molecule has 27 heavy (non-hydrogen) atoms. The fraction of sp³-hybridized carbons (Fsp3) is 0.650. The van der Waals surface area contributed by atoms with Crippen LogP contribution in [0.1, 0.15) is 45.6 Å². The van der Waals surface area contributed by atoms with E-state index in [1.807, 2.05) is 13.8 Å². The number of fused-ring (bicyclic) bond motifs is 2. The van der Waals surface area contributed by atoms with Crippen molar-refractivity contribution >= 4 is 15.8 Å². The first-order valence-corrected chi connectivity index (χ1v) is 10.9. The molecule has 1 N–H and O–H groups in total. The first kappa shape index (κ1) is 20.4. The second kappa shape index (κ2) is 6.64. The van der Waals surface area contributed by atoms with Gasteiger partial charge in [0.05, 0.1) is 5.75 Å². The maximum atomic E-state index is 14.2. The lowest BCUT2D eigenvalue weighted by Gasteiger charge is -2.36. The number of hydrogen-bond donors (Lipinski definition) is 1. The number of benzene rings is 1. The third kappa shape index (κ3) is 3.23. The molecular weight excluding hydrogens is 369 g/mol. The summed E-state index contributed by atoms with van der Waals surface area (Å²) in [4.78, 5) is 12.6. The Kier molecular flexibility index (Phi) is 5.02. The van der Waals surface area contributed by atoms with E-state index in [-0.39, 0.29) is 35.0 Å². The molecule has 2 bridgehead atoms. The van der Waals surface area contributed by atoms with Crippen LogP contribution in [0.5, 0.6) is 0 Å². The van der Waals surface area contributed by atoms with E-state index in [1.54, 1.807) is 25.1 Å². The van der Waals surface area contributed by atoms with E-state index < -0.39 is 26.9 Å². The number of sulfonamides is 1. The van der Waals surface area contributed by atoms with Gasteiger partial charge in [-0.1, -0.05) is 32.0 Å². The lowest BCUT2D eigenvalue weighted by Crippen LogP contribution is -2.48. The van der Waals surface area contributed by atoms with Crippen molar-refractivity contribution in [2.45, 2.75) is 45.6 Å². The van der Waals surface area contributed by atoms with Crippen LogP contribution in [-0.2, 0) is 25.2 Å². The first-order chi connectivity index (χ1) is 12.5. The van der Waals surface area contributed by atoms with Gasteiger partial charge in [-0.15, -0.1) is 0 Å². The van der Waals surface area contributed by atoms with Crippen LogP contribution < -0.4 is 4.72 Å². The van der Waals surface area contributed by atoms with Crippen molar-refractivity contribution < 1.29 is 22.3 Å². The standard InChI is InChI=1S/C20H28FNO4S/c1-18(2)14-9-10-20(18,17(23)11-14)13-27(24,25)22-12-19(3,26-4)15-7-5-6-8-16(15)21/h5-8,14,22H,9-13H2,1-4H3/t14-,19-,20-/m0/s1. The number of methoxy groups -OCH3 is 1. The van der Waals surface area contributed by atoms with Gasteiger partial charge in [-0.3, -0.25) is 4.79 Å². The van der Waals surface area contributed by atoms with Gasteiger partial charge in [-0.25, -0.2) is 17.5 Å². The van der Waals surface area contributed by atoms with Crippen LogP contribution >= 0.6 is 0 Å². The third-order valence-electron chi connectivity index (χ3n) is 7.10. The summed E-state index contributed by atoms with van der Waals surface area (Å²) in [6, 6.07) is 6.15. The number of halogens is 1. The Morgan fingerprint density at radius 1 is 1.33 bits per heavy atom. The highest BCUT2D eigenvalue weighted by Gasteiger charge is 2.65. The molecule has 2 saturated carbocycles. The quantitative estimate of drug-likeness (QED) is 0.768. The molecule has 2 fully saturated rings. The van der Waals surface area contributed by atoms with Crippen LogP contribution in [0.4, 0.5) is 4.39 Å². The summed E-state index contributed by atoms with van der Waals surface area (Å²) in [6.45, 7) is 5.54. The summed E-state index contributed by atoms with van der Waals surface area (Å²) < 4.78 is 48.0. The molecule has 0 spiro atoms. The predicted molar refractivity (Wildman–Crippen MR) is 101 cm³/mol. The van der Waals surface area contributed by atoms with E-state index in [0.29, 0.717) is 12.8 Å². The Hall–Kier alpha value is -1.31. The molecule has 1 aromatic rings. The normalized spacial score (nSPS) is 29.1. The average molecular weight is 398 g/mol. The topological polar surface area (TPSA) is 72.5 Å². The Morgan fingerprint density at radius 3 is 2.52 bits per heavy atom. The minimum absolute atomic E-state index is 0.0535. The smallest absolute Gasteiger partial charge is 0.212 e. The van der Waals surface area contributed by atoms with E-state index in [0.717, 1.165) is 6.42 Å². The predicted octanol–water partition coefficient (Wildman–Crippen LogP) is 3.00. The molecule has 0 unspecified atom stereocenters. The van der Waals surface area contributed by atoms with Gasteiger partial charge in [-0.2, -0.15) is 0 Å². The third-order valence-corrected chi connectivity index (χ3v) is 8.56. The van der Waals surface area contributed by atoms with Crippen molar-refractivity contribution in [3.05, 3.63) is 35.6 Å². The van der Waals surface area contributed by atoms with Gasteiger partial charge in [0.25, 0.3) is 0 Å². The monoisotopic (exact) mass is 397 g/mol. The molecular formula is C20H28FNO4S. The van der Waals surface area contributed by atoms with E-state index >= 15 is 0 Å².